The molecular weight excluding hydrogens is 190 g/mol. The van der Waals surface area contributed by atoms with Gasteiger partial charge in [0.2, 0.25) is 0 Å². The summed E-state index contributed by atoms with van der Waals surface area (Å²) in [6.07, 6.45) is 0. The van der Waals surface area contributed by atoms with Crippen LogP contribution in [0.5, 0.6) is 5.75 Å². The molecule has 2 atom stereocenters. The molecule has 0 unspecified atom stereocenters. The largest absolute Gasteiger partial charge is 0.492 e. The Morgan fingerprint density at radius 1 is 1.20 bits per heavy atom. The summed E-state index contributed by atoms with van der Waals surface area (Å²) in [6.45, 7) is 5.73. The van der Waals surface area contributed by atoms with E-state index in [0.717, 1.165) is 19.0 Å². The van der Waals surface area contributed by atoms with E-state index in [1.54, 1.807) is 0 Å². The van der Waals surface area contributed by atoms with E-state index in [-0.39, 0.29) is 0 Å². The molecule has 0 saturated carbocycles. The lowest BCUT2D eigenvalue weighted by atomic mass is 9.88. The van der Waals surface area contributed by atoms with Crippen molar-refractivity contribution in [1.82, 2.24) is 5.48 Å². The first-order valence-corrected chi connectivity index (χ1v) is 5.37. The molecule has 2 heterocycles. The molecule has 2 aliphatic heterocycles. The summed E-state index contributed by atoms with van der Waals surface area (Å²) in [5.74, 6) is 1.51. The van der Waals surface area contributed by atoms with Gasteiger partial charge < -0.3 is 9.57 Å². The average Bonchev–Trinajstić information content (AvgIpc) is 2.70. The smallest absolute Gasteiger partial charge is 0.127 e. The van der Waals surface area contributed by atoms with Gasteiger partial charge in [0.15, 0.2) is 0 Å². The third kappa shape index (κ3) is 1.27. The number of rotatable bonds is 0. The fourth-order valence-corrected chi connectivity index (χ4v) is 2.45. The van der Waals surface area contributed by atoms with Gasteiger partial charge in [-0.1, -0.05) is 12.1 Å². The monoisotopic (exact) mass is 205 g/mol. The highest BCUT2D eigenvalue weighted by Gasteiger charge is 2.37. The van der Waals surface area contributed by atoms with Crippen LogP contribution in [0.15, 0.2) is 12.1 Å². The molecule has 1 aromatic carbocycles. The van der Waals surface area contributed by atoms with Gasteiger partial charge in [0.1, 0.15) is 5.75 Å². The lowest BCUT2D eigenvalue weighted by Gasteiger charge is -2.29. The predicted molar refractivity (Wildman–Crippen MR) is 56.7 cm³/mol. The molecule has 0 amide bonds. The molecule has 0 aromatic heterocycles. The average molecular weight is 205 g/mol. The van der Waals surface area contributed by atoms with Gasteiger partial charge in [0.25, 0.3) is 0 Å². The number of hydroxylamine groups is 1. The van der Waals surface area contributed by atoms with Gasteiger partial charge in [0.05, 0.1) is 19.3 Å². The summed E-state index contributed by atoms with van der Waals surface area (Å²) in [4.78, 5) is 5.31. The van der Waals surface area contributed by atoms with Crippen molar-refractivity contribution in [3.8, 4) is 5.75 Å². The molecule has 1 aromatic rings. The molecule has 0 radical (unpaired) electrons. The Balaban J connectivity index is 2.16. The Morgan fingerprint density at radius 2 is 2.00 bits per heavy atom. The van der Waals surface area contributed by atoms with E-state index in [1.165, 1.54) is 16.7 Å². The molecule has 2 aliphatic rings. The van der Waals surface area contributed by atoms with Crippen LogP contribution >= 0.6 is 0 Å². The quantitative estimate of drug-likeness (QED) is 0.701. The predicted octanol–water partition coefficient (Wildman–Crippen LogP) is 1.89. The van der Waals surface area contributed by atoms with Crippen LogP contribution in [0, 0.1) is 19.8 Å². The fourth-order valence-electron chi connectivity index (χ4n) is 2.45. The molecule has 1 N–H and O–H groups in total. The first kappa shape index (κ1) is 9.19. The molecule has 1 saturated heterocycles. The van der Waals surface area contributed by atoms with Gasteiger partial charge >= 0.3 is 0 Å². The van der Waals surface area contributed by atoms with E-state index in [4.69, 9.17) is 9.57 Å². The summed E-state index contributed by atoms with van der Waals surface area (Å²) >= 11 is 0. The van der Waals surface area contributed by atoms with Crippen LogP contribution in [0.25, 0.3) is 0 Å². The Bertz CT molecular complexity index is 403. The Morgan fingerprint density at radius 3 is 2.87 bits per heavy atom. The van der Waals surface area contributed by atoms with Gasteiger partial charge in [-0.2, -0.15) is 5.48 Å². The van der Waals surface area contributed by atoms with Crippen molar-refractivity contribution in [3.63, 3.8) is 0 Å². The second-order valence-electron chi connectivity index (χ2n) is 4.42. The normalized spacial score (nSPS) is 28.1. The van der Waals surface area contributed by atoms with Crippen LogP contribution in [0.1, 0.15) is 22.7 Å². The lowest BCUT2D eigenvalue weighted by molar-refractivity contribution is 0.0861. The van der Waals surface area contributed by atoms with E-state index < -0.39 is 0 Å². The summed E-state index contributed by atoms with van der Waals surface area (Å²) < 4.78 is 5.83. The van der Waals surface area contributed by atoms with Crippen LogP contribution in [0.3, 0.4) is 0 Å². The Hall–Kier alpha value is -1.06. The van der Waals surface area contributed by atoms with Gasteiger partial charge in [0, 0.05) is 11.5 Å². The second kappa shape index (κ2) is 3.22. The molecule has 3 heteroatoms. The minimum atomic E-state index is 0.314. The number of hydrogen-bond donors (Lipinski definition) is 1. The van der Waals surface area contributed by atoms with Crippen molar-refractivity contribution in [3.05, 3.63) is 28.8 Å². The van der Waals surface area contributed by atoms with Gasteiger partial charge in [-0.05, 0) is 25.0 Å². The van der Waals surface area contributed by atoms with Crippen LogP contribution in [0.2, 0.25) is 0 Å². The van der Waals surface area contributed by atoms with Crippen molar-refractivity contribution in [2.45, 2.75) is 19.9 Å². The van der Waals surface area contributed by atoms with E-state index in [1.807, 2.05) is 0 Å². The highest BCUT2D eigenvalue weighted by Crippen LogP contribution is 2.41. The number of nitrogens with one attached hydrogen (secondary N) is 1. The van der Waals surface area contributed by atoms with Crippen LogP contribution in [0.4, 0.5) is 0 Å². The molecule has 0 bridgehead atoms. The first-order valence-electron chi connectivity index (χ1n) is 5.37. The van der Waals surface area contributed by atoms with E-state index in [9.17, 15) is 0 Å². The van der Waals surface area contributed by atoms with Gasteiger partial charge in [-0.3, -0.25) is 0 Å². The molecule has 3 rings (SSSR count). The SMILES string of the molecule is Cc1ccc(C)c2c1OC[C@H]1CON[C@@H]21. The number of benzene rings is 1. The Kier molecular flexibility index (Phi) is 1.97. The zero-order valence-electron chi connectivity index (χ0n) is 9.04. The highest BCUT2D eigenvalue weighted by molar-refractivity contribution is 5.49. The molecule has 0 spiro atoms. The molecule has 0 aliphatic carbocycles. The van der Waals surface area contributed by atoms with Crippen molar-refractivity contribution < 1.29 is 9.57 Å². The maximum absolute atomic E-state index is 5.83. The highest BCUT2D eigenvalue weighted by atomic mass is 16.7. The van der Waals surface area contributed by atoms with Crippen molar-refractivity contribution >= 4 is 0 Å². The first-order chi connectivity index (χ1) is 7.27. The van der Waals surface area contributed by atoms with Crippen LogP contribution in [-0.2, 0) is 4.84 Å². The molecule has 80 valence electrons. The van der Waals surface area contributed by atoms with E-state index >= 15 is 0 Å². The zero-order valence-corrected chi connectivity index (χ0v) is 9.04. The zero-order chi connectivity index (χ0) is 10.4. The fraction of sp³-hybridized carbons (Fsp3) is 0.500. The van der Waals surface area contributed by atoms with Crippen LogP contribution < -0.4 is 10.2 Å². The van der Waals surface area contributed by atoms with Crippen molar-refractivity contribution in [1.29, 1.82) is 0 Å². The van der Waals surface area contributed by atoms with Crippen molar-refractivity contribution in [2.24, 2.45) is 5.92 Å². The third-order valence-electron chi connectivity index (χ3n) is 3.34. The number of hydrogen-bond acceptors (Lipinski definition) is 3. The van der Waals surface area contributed by atoms with Gasteiger partial charge in [-0.25, -0.2) is 0 Å². The third-order valence-corrected chi connectivity index (χ3v) is 3.34. The minimum absolute atomic E-state index is 0.314. The summed E-state index contributed by atoms with van der Waals surface area (Å²) in [5.41, 5.74) is 6.88. The van der Waals surface area contributed by atoms with E-state index in [2.05, 4.69) is 31.5 Å². The molecular formula is C12H15NO2. The lowest BCUT2D eigenvalue weighted by Crippen LogP contribution is -2.29. The maximum atomic E-state index is 5.83. The topological polar surface area (TPSA) is 30.5 Å². The van der Waals surface area contributed by atoms with E-state index in [0.29, 0.717) is 12.0 Å². The number of aryl methyl sites for hydroxylation is 2. The summed E-state index contributed by atoms with van der Waals surface area (Å²) in [6, 6.07) is 4.58. The number of fused-ring (bicyclic) bond motifs is 3. The summed E-state index contributed by atoms with van der Waals surface area (Å²) in [5, 5.41) is 0. The standard InChI is InChI=1S/C12H15NO2/c1-7-3-4-8(2)12-10(7)11-9(5-14-12)6-15-13-11/h3-4,9,11,13H,5-6H2,1-2H3/t9-,11+/m0/s1. The van der Waals surface area contributed by atoms with Crippen molar-refractivity contribution in [2.75, 3.05) is 13.2 Å². The summed E-state index contributed by atoms with van der Waals surface area (Å²) in [7, 11) is 0. The second-order valence-corrected chi connectivity index (χ2v) is 4.42. The Labute approximate surface area is 89.3 Å². The van der Waals surface area contributed by atoms with Gasteiger partial charge in [-0.15, -0.1) is 0 Å². The molecule has 3 nitrogen and oxygen atoms in total. The number of ether oxygens (including phenoxy) is 1. The molecule has 15 heavy (non-hydrogen) atoms. The maximum Gasteiger partial charge on any atom is 0.127 e. The molecule has 1 fully saturated rings. The minimum Gasteiger partial charge on any atom is -0.492 e. The van der Waals surface area contributed by atoms with Crippen LogP contribution in [-0.4, -0.2) is 13.2 Å².